The molecular formula is C12H15ClN2O4. The Labute approximate surface area is 115 Å². The molecule has 0 atom stereocenters. The number of hydrogen-bond donors (Lipinski definition) is 1. The van der Waals surface area contributed by atoms with Crippen LogP contribution in [0, 0.1) is 10.1 Å². The molecular weight excluding hydrogens is 272 g/mol. The third-order valence-corrected chi connectivity index (χ3v) is 2.47. The number of rotatable bonds is 6. The molecule has 1 aromatic carbocycles. The lowest BCUT2D eigenvalue weighted by molar-refractivity contribution is -0.385. The lowest BCUT2D eigenvalue weighted by atomic mass is 10.1. The molecule has 0 unspecified atom stereocenters. The van der Waals surface area contributed by atoms with Crippen molar-refractivity contribution in [2.45, 2.75) is 20.0 Å². The topological polar surface area (TPSA) is 81.5 Å². The number of nitrogens with zero attached hydrogens (tertiary/aromatic N) is 1. The van der Waals surface area contributed by atoms with E-state index in [1.807, 2.05) is 13.8 Å². The lowest BCUT2D eigenvalue weighted by Gasteiger charge is -2.09. The highest BCUT2D eigenvalue weighted by atomic mass is 35.5. The maximum Gasteiger partial charge on any atom is 0.282 e. The van der Waals surface area contributed by atoms with E-state index in [0.29, 0.717) is 6.61 Å². The van der Waals surface area contributed by atoms with E-state index in [0.717, 1.165) is 0 Å². The van der Waals surface area contributed by atoms with Crippen LogP contribution in [0.2, 0.25) is 5.02 Å². The molecule has 0 saturated heterocycles. The summed E-state index contributed by atoms with van der Waals surface area (Å²) >= 11 is 5.74. The van der Waals surface area contributed by atoms with Crippen LogP contribution in [0.1, 0.15) is 24.2 Å². The number of ether oxygens (including phenoxy) is 1. The van der Waals surface area contributed by atoms with Crippen LogP contribution in [0.15, 0.2) is 18.2 Å². The number of amides is 1. The fraction of sp³-hybridized carbons (Fsp3) is 0.417. The summed E-state index contributed by atoms with van der Waals surface area (Å²) in [5.74, 6) is -0.540. The van der Waals surface area contributed by atoms with E-state index in [1.54, 1.807) is 0 Å². The van der Waals surface area contributed by atoms with Gasteiger partial charge in [-0.25, -0.2) is 0 Å². The Morgan fingerprint density at radius 2 is 2.21 bits per heavy atom. The molecule has 0 aliphatic rings. The summed E-state index contributed by atoms with van der Waals surface area (Å²) in [6.07, 6.45) is 0.0670. The largest absolute Gasteiger partial charge is 0.377 e. The molecule has 1 aromatic rings. The van der Waals surface area contributed by atoms with Gasteiger partial charge in [0, 0.05) is 17.6 Å². The van der Waals surface area contributed by atoms with Gasteiger partial charge in [-0.15, -0.1) is 0 Å². The van der Waals surface area contributed by atoms with Crippen LogP contribution in [0.4, 0.5) is 5.69 Å². The first kappa shape index (κ1) is 15.4. The molecule has 0 bridgehead atoms. The number of carbonyl (C=O) groups is 1. The summed E-state index contributed by atoms with van der Waals surface area (Å²) in [6, 6.07) is 3.86. The Morgan fingerprint density at radius 3 is 2.79 bits per heavy atom. The molecule has 0 fully saturated rings. The molecule has 0 spiro atoms. The van der Waals surface area contributed by atoms with E-state index in [9.17, 15) is 14.9 Å². The third kappa shape index (κ3) is 4.84. The predicted octanol–water partition coefficient (Wildman–Crippen LogP) is 2.40. The SMILES string of the molecule is CC(C)OCCNC(=O)c1cc(Cl)ccc1[N+](=O)[O-]. The van der Waals surface area contributed by atoms with Crippen molar-refractivity contribution in [3.63, 3.8) is 0 Å². The van der Waals surface area contributed by atoms with Crippen LogP contribution in [0.25, 0.3) is 0 Å². The van der Waals surface area contributed by atoms with Crippen molar-refractivity contribution < 1.29 is 14.5 Å². The van der Waals surface area contributed by atoms with Crippen LogP contribution in [0.3, 0.4) is 0 Å². The summed E-state index contributed by atoms with van der Waals surface area (Å²) in [5.41, 5.74) is -0.325. The highest BCUT2D eigenvalue weighted by Gasteiger charge is 2.20. The van der Waals surface area contributed by atoms with Crippen molar-refractivity contribution in [3.05, 3.63) is 38.9 Å². The molecule has 0 aliphatic carbocycles. The van der Waals surface area contributed by atoms with Crippen LogP contribution in [-0.4, -0.2) is 30.1 Å². The normalized spacial score (nSPS) is 10.5. The van der Waals surface area contributed by atoms with Crippen LogP contribution >= 0.6 is 11.6 Å². The Balaban J connectivity index is 2.70. The molecule has 1 rings (SSSR count). The molecule has 104 valence electrons. The lowest BCUT2D eigenvalue weighted by Crippen LogP contribution is -2.28. The zero-order valence-electron chi connectivity index (χ0n) is 10.7. The number of carbonyl (C=O) groups excluding carboxylic acids is 1. The molecule has 0 saturated carbocycles. The van der Waals surface area contributed by atoms with E-state index in [2.05, 4.69) is 5.32 Å². The minimum Gasteiger partial charge on any atom is -0.377 e. The molecule has 1 amide bonds. The van der Waals surface area contributed by atoms with Gasteiger partial charge in [0.25, 0.3) is 11.6 Å². The van der Waals surface area contributed by atoms with Gasteiger partial charge in [0.15, 0.2) is 0 Å². The summed E-state index contributed by atoms with van der Waals surface area (Å²) in [7, 11) is 0. The average molecular weight is 287 g/mol. The first-order valence-corrected chi connectivity index (χ1v) is 6.13. The Kier molecular flexibility index (Phi) is 5.72. The summed E-state index contributed by atoms with van der Waals surface area (Å²) in [5, 5.41) is 13.6. The van der Waals surface area contributed by atoms with E-state index in [4.69, 9.17) is 16.3 Å². The van der Waals surface area contributed by atoms with Gasteiger partial charge in [0.2, 0.25) is 0 Å². The second kappa shape index (κ2) is 7.06. The number of nitro benzene ring substituents is 1. The molecule has 0 aromatic heterocycles. The zero-order chi connectivity index (χ0) is 14.4. The zero-order valence-corrected chi connectivity index (χ0v) is 11.4. The monoisotopic (exact) mass is 286 g/mol. The Bertz CT molecular complexity index is 477. The molecule has 1 N–H and O–H groups in total. The Hall–Kier alpha value is -1.66. The third-order valence-electron chi connectivity index (χ3n) is 2.24. The van der Waals surface area contributed by atoms with Gasteiger partial charge in [0.1, 0.15) is 5.56 Å². The second-order valence-corrected chi connectivity index (χ2v) is 4.53. The number of nitro groups is 1. The van der Waals surface area contributed by atoms with Crippen molar-refractivity contribution in [1.29, 1.82) is 0 Å². The predicted molar refractivity (Wildman–Crippen MR) is 71.5 cm³/mol. The maximum atomic E-state index is 11.8. The summed E-state index contributed by atoms with van der Waals surface area (Å²) in [6.45, 7) is 4.38. The van der Waals surface area contributed by atoms with Gasteiger partial charge in [-0.05, 0) is 26.0 Å². The highest BCUT2D eigenvalue weighted by Crippen LogP contribution is 2.22. The van der Waals surface area contributed by atoms with Crippen molar-refractivity contribution in [3.8, 4) is 0 Å². The highest BCUT2D eigenvalue weighted by molar-refractivity contribution is 6.31. The van der Waals surface area contributed by atoms with Gasteiger partial charge >= 0.3 is 0 Å². The summed E-state index contributed by atoms with van der Waals surface area (Å²) in [4.78, 5) is 22.0. The molecule has 0 radical (unpaired) electrons. The van der Waals surface area contributed by atoms with Gasteiger partial charge in [0.05, 0.1) is 17.6 Å². The Morgan fingerprint density at radius 1 is 1.53 bits per heavy atom. The van der Waals surface area contributed by atoms with Crippen molar-refractivity contribution in [1.82, 2.24) is 5.32 Å². The number of hydrogen-bond acceptors (Lipinski definition) is 4. The molecule has 0 aliphatic heterocycles. The second-order valence-electron chi connectivity index (χ2n) is 4.09. The van der Waals surface area contributed by atoms with Gasteiger partial charge in [-0.1, -0.05) is 11.6 Å². The minimum absolute atomic E-state index is 0.0537. The van der Waals surface area contributed by atoms with Crippen molar-refractivity contribution >= 4 is 23.2 Å². The molecule has 6 nitrogen and oxygen atoms in total. The number of nitrogens with one attached hydrogen (secondary N) is 1. The van der Waals surface area contributed by atoms with E-state index in [-0.39, 0.29) is 28.9 Å². The fourth-order valence-electron chi connectivity index (χ4n) is 1.40. The van der Waals surface area contributed by atoms with Gasteiger partial charge < -0.3 is 10.1 Å². The van der Waals surface area contributed by atoms with Crippen LogP contribution < -0.4 is 5.32 Å². The molecule has 0 heterocycles. The fourth-order valence-corrected chi connectivity index (χ4v) is 1.58. The smallest absolute Gasteiger partial charge is 0.282 e. The summed E-state index contributed by atoms with van der Waals surface area (Å²) < 4.78 is 5.25. The van der Waals surface area contributed by atoms with Gasteiger partial charge in [-0.2, -0.15) is 0 Å². The average Bonchev–Trinajstić information content (AvgIpc) is 2.33. The first-order chi connectivity index (χ1) is 8.91. The van der Waals surface area contributed by atoms with E-state index >= 15 is 0 Å². The van der Waals surface area contributed by atoms with E-state index < -0.39 is 10.8 Å². The van der Waals surface area contributed by atoms with Crippen molar-refractivity contribution in [2.24, 2.45) is 0 Å². The van der Waals surface area contributed by atoms with Crippen LogP contribution in [-0.2, 0) is 4.74 Å². The quantitative estimate of drug-likeness (QED) is 0.494. The maximum absolute atomic E-state index is 11.8. The first-order valence-electron chi connectivity index (χ1n) is 5.75. The number of halogens is 1. The number of benzene rings is 1. The van der Waals surface area contributed by atoms with Gasteiger partial charge in [-0.3, -0.25) is 14.9 Å². The molecule has 19 heavy (non-hydrogen) atoms. The van der Waals surface area contributed by atoms with Crippen LogP contribution in [0.5, 0.6) is 0 Å². The minimum atomic E-state index is -0.615. The van der Waals surface area contributed by atoms with Crippen molar-refractivity contribution in [2.75, 3.05) is 13.2 Å². The van der Waals surface area contributed by atoms with E-state index in [1.165, 1.54) is 18.2 Å². The standard InChI is InChI=1S/C12H15ClN2O4/c1-8(2)19-6-5-14-12(16)10-7-9(13)3-4-11(10)15(17)18/h3-4,7-8H,5-6H2,1-2H3,(H,14,16). The molecule has 7 heteroatoms.